The zero-order chi connectivity index (χ0) is 12.4. The lowest BCUT2D eigenvalue weighted by Crippen LogP contribution is -1.96. The maximum atomic E-state index is 6.03. The zero-order valence-electron chi connectivity index (χ0n) is 8.68. The Hall–Kier alpha value is -0.460. The Bertz CT molecular complexity index is 560. The standard InChI is InChI=1S/C12H9BrClIN2/c13-9-3-2-8(6-10(9)14)17-12-4-1-7(15)5-11(12)16/h1-6,17H,16H2. The number of hydrogen-bond donors (Lipinski definition) is 2. The first-order valence-corrected chi connectivity index (χ1v) is 7.08. The van der Waals surface area contributed by atoms with Gasteiger partial charge in [-0.2, -0.15) is 0 Å². The number of nitrogens with two attached hydrogens (primary N) is 1. The number of nitrogen functional groups attached to an aromatic ring is 1. The van der Waals surface area contributed by atoms with E-state index in [1.54, 1.807) is 0 Å². The summed E-state index contributed by atoms with van der Waals surface area (Å²) in [4.78, 5) is 0. The second kappa shape index (κ2) is 5.46. The third kappa shape index (κ3) is 3.26. The SMILES string of the molecule is Nc1cc(I)ccc1Nc1ccc(Br)c(Cl)c1. The predicted molar refractivity (Wildman–Crippen MR) is 86.0 cm³/mol. The van der Waals surface area contributed by atoms with Gasteiger partial charge >= 0.3 is 0 Å². The van der Waals surface area contributed by atoms with Crippen LogP contribution in [0.2, 0.25) is 5.02 Å². The van der Waals surface area contributed by atoms with Crippen LogP contribution in [-0.4, -0.2) is 0 Å². The fourth-order valence-corrected chi connectivity index (χ4v) is 2.32. The Balaban J connectivity index is 2.28. The quantitative estimate of drug-likeness (QED) is 0.525. The maximum absolute atomic E-state index is 6.03. The molecule has 2 aromatic rings. The van der Waals surface area contributed by atoms with E-state index in [-0.39, 0.29) is 0 Å². The minimum absolute atomic E-state index is 0.666. The van der Waals surface area contributed by atoms with Gasteiger partial charge in [-0.3, -0.25) is 0 Å². The monoisotopic (exact) mass is 422 g/mol. The molecule has 0 amide bonds. The van der Waals surface area contributed by atoms with E-state index in [4.69, 9.17) is 17.3 Å². The fraction of sp³-hybridized carbons (Fsp3) is 0. The largest absolute Gasteiger partial charge is 0.397 e. The van der Waals surface area contributed by atoms with Crippen LogP contribution in [-0.2, 0) is 0 Å². The Morgan fingerprint density at radius 1 is 1.18 bits per heavy atom. The molecule has 5 heteroatoms. The Kier molecular flexibility index (Phi) is 4.17. The molecule has 0 aliphatic heterocycles. The average molecular weight is 423 g/mol. The molecule has 0 unspecified atom stereocenters. The van der Waals surface area contributed by atoms with Gasteiger partial charge in [0.2, 0.25) is 0 Å². The number of rotatable bonds is 2. The Morgan fingerprint density at radius 3 is 2.59 bits per heavy atom. The van der Waals surface area contributed by atoms with Crippen LogP contribution in [0.25, 0.3) is 0 Å². The van der Waals surface area contributed by atoms with E-state index in [0.29, 0.717) is 5.02 Å². The van der Waals surface area contributed by atoms with Gasteiger partial charge in [-0.05, 0) is 74.9 Å². The van der Waals surface area contributed by atoms with E-state index in [1.165, 1.54) is 0 Å². The van der Waals surface area contributed by atoms with Crippen molar-refractivity contribution in [1.29, 1.82) is 0 Å². The minimum Gasteiger partial charge on any atom is -0.397 e. The first kappa shape index (κ1) is 13.0. The molecular weight excluding hydrogens is 414 g/mol. The van der Waals surface area contributed by atoms with Crippen molar-refractivity contribution in [2.45, 2.75) is 0 Å². The fourth-order valence-electron chi connectivity index (χ4n) is 1.38. The van der Waals surface area contributed by atoms with Crippen LogP contribution in [0.3, 0.4) is 0 Å². The summed E-state index contributed by atoms with van der Waals surface area (Å²) in [6.45, 7) is 0. The molecule has 0 aliphatic rings. The van der Waals surface area contributed by atoms with Crippen LogP contribution < -0.4 is 11.1 Å². The van der Waals surface area contributed by atoms with Crippen LogP contribution in [0.5, 0.6) is 0 Å². The summed E-state index contributed by atoms with van der Waals surface area (Å²) in [5.74, 6) is 0. The molecule has 0 radical (unpaired) electrons. The van der Waals surface area contributed by atoms with E-state index in [1.807, 2.05) is 36.4 Å². The molecule has 0 heterocycles. The third-order valence-corrected chi connectivity index (χ3v) is 4.12. The molecule has 0 bridgehead atoms. The first-order valence-electron chi connectivity index (χ1n) is 4.83. The third-order valence-electron chi connectivity index (χ3n) is 2.21. The van der Waals surface area contributed by atoms with E-state index < -0.39 is 0 Å². The van der Waals surface area contributed by atoms with Gasteiger partial charge in [0.15, 0.2) is 0 Å². The average Bonchev–Trinajstić information content (AvgIpc) is 2.27. The van der Waals surface area contributed by atoms with Gasteiger partial charge in [0.25, 0.3) is 0 Å². The summed E-state index contributed by atoms with van der Waals surface area (Å²) in [5, 5.41) is 3.90. The van der Waals surface area contributed by atoms with Gasteiger partial charge in [-0.25, -0.2) is 0 Å². The lowest BCUT2D eigenvalue weighted by Gasteiger charge is -2.10. The van der Waals surface area contributed by atoms with Crippen molar-refractivity contribution < 1.29 is 0 Å². The summed E-state index contributed by atoms with van der Waals surface area (Å²) < 4.78 is 1.99. The number of halogens is 3. The van der Waals surface area contributed by atoms with E-state index >= 15 is 0 Å². The molecule has 0 saturated heterocycles. The van der Waals surface area contributed by atoms with Gasteiger partial charge in [0.1, 0.15) is 0 Å². The summed E-state index contributed by atoms with van der Waals surface area (Å²) in [6, 6.07) is 11.6. The smallest absolute Gasteiger partial charge is 0.0618 e. The molecule has 0 fully saturated rings. The van der Waals surface area contributed by atoms with Gasteiger partial charge in [0, 0.05) is 13.7 Å². The Labute approximate surface area is 127 Å². The second-order valence-electron chi connectivity index (χ2n) is 3.49. The highest BCUT2D eigenvalue weighted by molar-refractivity contribution is 14.1. The zero-order valence-corrected chi connectivity index (χ0v) is 13.2. The van der Waals surface area contributed by atoms with Crippen LogP contribution in [0.15, 0.2) is 40.9 Å². The number of hydrogen-bond acceptors (Lipinski definition) is 2. The summed E-state index contributed by atoms with van der Waals surface area (Å²) in [5.41, 5.74) is 8.43. The molecule has 0 saturated carbocycles. The predicted octanol–water partition coefficient (Wildman–Crippen LogP) is 5.03. The van der Waals surface area contributed by atoms with Crippen LogP contribution in [0, 0.1) is 3.57 Å². The van der Waals surface area contributed by atoms with Crippen molar-refractivity contribution in [3.8, 4) is 0 Å². The van der Waals surface area contributed by atoms with Gasteiger partial charge in [0.05, 0.1) is 16.4 Å². The maximum Gasteiger partial charge on any atom is 0.0618 e. The molecular formula is C12H9BrClIN2. The highest BCUT2D eigenvalue weighted by Crippen LogP contribution is 2.29. The molecule has 0 atom stereocenters. The van der Waals surface area contributed by atoms with E-state index in [0.717, 1.165) is 25.1 Å². The van der Waals surface area contributed by atoms with Crippen molar-refractivity contribution in [3.63, 3.8) is 0 Å². The molecule has 17 heavy (non-hydrogen) atoms. The molecule has 2 rings (SSSR count). The van der Waals surface area contributed by atoms with Crippen molar-refractivity contribution in [1.82, 2.24) is 0 Å². The van der Waals surface area contributed by atoms with Crippen molar-refractivity contribution >= 4 is 67.2 Å². The topological polar surface area (TPSA) is 38.0 Å². The summed E-state index contributed by atoms with van der Waals surface area (Å²) in [7, 11) is 0. The number of anilines is 3. The van der Waals surface area contributed by atoms with Crippen LogP contribution in [0.4, 0.5) is 17.1 Å². The van der Waals surface area contributed by atoms with Gasteiger partial charge in [-0.1, -0.05) is 11.6 Å². The highest BCUT2D eigenvalue weighted by Gasteiger charge is 2.02. The second-order valence-corrected chi connectivity index (χ2v) is 5.99. The number of benzene rings is 2. The normalized spacial score (nSPS) is 10.3. The van der Waals surface area contributed by atoms with Gasteiger partial charge in [-0.15, -0.1) is 0 Å². The lowest BCUT2D eigenvalue weighted by molar-refractivity contribution is 1.52. The number of nitrogens with one attached hydrogen (secondary N) is 1. The molecule has 88 valence electrons. The van der Waals surface area contributed by atoms with E-state index in [9.17, 15) is 0 Å². The summed E-state index contributed by atoms with van der Waals surface area (Å²) in [6.07, 6.45) is 0. The first-order chi connectivity index (χ1) is 8.06. The summed E-state index contributed by atoms with van der Waals surface area (Å²) >= 11 is 11.6. The lowest BCUT2D eigenvalue weighted by atomic mass is 10.2. The molecule has 0 spiro atoms. The van der Waals surface area contributed by atoms with Crippen molar-refractivity contribution in [2.24, 2.45) is 0 Å². The molecule has 2 nitrogen and oxygen atoms in total. The van der Waals surface area contributed by atoms with Crippen molar-refractivity contribution in [3.05, 3.63) is 49.5 Å². The van der Waals surface area contributed by atoms with Crippen LogP contribution in [0.1, 0.15) is 0 Å². The molecule has 0 aliphatic carbocycles. The molecule has 2 aromatic carbocycles. The highest BCUT2D eigenvalue weighted by atomic mass is 127. The minimum atomic E-state index is 0.666. The van der Waals surface area contributed by atoms with E-state index in [2.05, 4.69) is 43.8 Å². The van der Waals surface area contributed by atoms with Crippen molar-refractivity contribution in [2.75, 3.05) is 11.1 Å². The molecule has 0 aromatic heterocycles. The Morgan fingerprint density at radius 2 is 1.94 bits per heavy atom. The molecule has 3 N–H and O–H groups in total. The van der Waals surface area contributed by atoms with Gasteiger partial charge < -0.3 is 11.1 Å². The van der Waals surface area contributed by atoms with Crippen LogP contribution >= 0.6 is 50.1 Å².